The second kappa shape index (κ2) is 8.49. The molecule has 0 heterocycles. The zero-order valence-corrected chi connectivity index (χ0v) is 16.3. The highest BCUT2D eigenvalue weighted by molar-refractivity contribution is 6.08. The van der Waals surface area contributed by atoms with E-state index in [4.69, 9.17) is 9.47 Å². The molecule has 0 fully saturated rings. The van der Waals surface area contributed by atoms with Crippen molar-refractivity contribution in [2.24, 2.45) is 0 Å². The standard InChI is InChI=1S/C25H19NO4/c1-29-25(28)22-8-4-5-9-23(22)26-24(27)18-11-13-20(14-12-18)30-21-15-10-17-6-2-3-7-19(17)16-21/h2-16H,1H3,(H,26,27). The Bertz CT molecular complexity index is 1220. The number of ether oxygens (including phenoxy) is 2. The minimum atomic E-state index is -0.509. The molecule has 0 saturated heterocycles. The molecular formula is C25H19NO4. The van der Waals surface area contributed by atoms with Gasteiger partial charge in [0.05, 0.1) is 18.4 Å². The predicted octanol–water partition coefficient (Wildman–Crippen LogP) is 5.67. The van der Waals surface area contributed by atoms with Crippen molar-refractivity contribution in [1.82, 2.24) is 0 Å². The maximum absolute atomic E-state index is 12.6. The summed E-state index contributed by atoms with van der Waals surface area (Å²) in [4.78, 5) is 24.5. The molecule has 1 amide bonds. The van der Waals surface area contributed by atoms with Crippen molar-refractivity contribution in [1.29, 1.82) is 0 Å². The second-order valence-electron chi connectivity index (χ2n) is 6.63. The number of carbonyl (C=O) groups is 2. The molecule has 148 valence electrons. The van der Waals surface area contributed by atoms with Crippen LogP contribution < -0.4 is 10.1 Å². The zero-order valence-electron chi connectivity index (χ0n) is 16.3. The maximum Gasteiger partial charge on any atom is 0.339 e. The number of hydrogen-bond acceptors (Lipinski definition) is 4. The van der Waals surface area contributed by atoms with Crippen molar-refractivity contribution in [2.75, 3.05) is 12.4 Å². The number of esters is 1. The van der Waals surface area contributed by atoms with E-state index < -0.39 is 5.97 Å². The van der Waals surface area contributed by atoms with E-state index in [1.165, 1.54) is 7.11 Å². The predicted molar refractivity (Wildman–Crippen MR) is 116 cm³/mol. The SMILES string of the molecule is COC(=O)c1ccccc1NC(=O)c1ccc(Oc2ccc3ccccc3c2)cc1. The van der Waals surface area contributed by atoms with Gasteiger partial charge in [-0.1, -0.05) is 42.5 Å². The minimum absolute atomic E-state index is 0.296. The Balaban J connectivity index is 1.48. The maximum atomic E-state index is 12.6. The molecule has 0 atom stereocenters. The lowest BCUT2D eigenvalue weighted by Crippen LogP contribution is -2.15. The molecule has 0 aliphatic heterocycles. The Morgan fingerprint density at radius 1 is 0.733 bits per heavy atom. The summed E-state index contributed by atoms with van der Waals surface area (Å²) in [6, 6.07) is 27.5. The van der Waals surface area contributed by atoms with E-state index in [9.17, 15) is 9.59 Å². The van der Waals surface area contributed by atoms with Gasteiger partial charge in [0.2, 0.25) is 0 Å². The van der Waals surface area contributed by atoms with Crippen molar-refractivity contribution >= 4 is 28.3 Å². The number of rotatable bonds is 5. The molecule has 0 bridgehead atoms. The van der Waals surface area contributed by atoms with Gasteiger partial charge in [0, 0.05) is 5.56 Å². The van der Waals surface area contributed by atoms with Gasteiger partial charge in [-0.3, -0.25) is 4.79 Å². The Kier molecular flexibility index (Phi) is 5.44. The summed E-state index contributed by atoms with van der Waals surface area (Å²) in [5.74, 6) is 0.503. The Labute approximate surface area is 173 Å². The van der Waals surface area contributed by atoms with Crippen LogP contribution in [0.5, 0.6) is 11.5 Å². The second-order valence-corrected chi connectivity index (χ2v) is 6.63. The van der Waals surface area contributed by atoms with E-state index in [-0.39, 0.29) is 5.91 Å². The minimum Gasteiger partial charge on any atom is -0.465 e. The molecule has 5 nitrogen and oxygen atoms in total. The van der Waals surface area contributed by atoms with Crippen LogP contribution in [0, 0.1) is 0 Å². The highest BCUT2D eigenvalue weighted by Crippen LogP contribution is 2.26. The summed E-state index contributed by atoms with van der Waals surface area (Å²) in [5.41, 5.74) is 1.14. The van der Waals surface area contributed by atoms with Gasteiger partial charge in [-0.15, -0.1) is 0 Å². The molecule has 5 heteroatoms. The van der Waals surface area contributed by atoms with Gasteiger partial charge in [-0.2, -0.15) is 0 Å². The van der Waals surface area contributed by atoms with Crippen molar-refractivity contribution < 1.29 is 19.1 Å². The van der Waals surface area contributed by atoms with Gasteiger partial charge in [0.15, 0.2) is 0 Å². The molecule has 0 unspecified atom stereocenters. The fourth-order valence-electron chi connectivity index (χ4n) is 3.12. The van der Waals surface area contributed by atoms with Crippen LogP contribution in [-0.4, -0.2) is 19.0 Å². The quantitative estimate of drug-likeness (QED) is 0.441. The Morgan fingerprint density at radius 3 is 2.17 bits per heavy atom. The van der Waals surface area contributed by atoms with Gasteiger partial charge >= 0.3 is 5.97 Å². The fourth-order valence-corrected chi connectivity index (χ4v) is 3.12. The third kappa shape index (κ3) is 4.15. The lowest BCUT2D eigenvalue weighted by Gasteiger charge is -2.10. The number of hydrogen-bond donors (Lipinski definition) is 1. The van der Waals surface area contributed by atoms with Crippen LogP contribution in [0.1, 0.15) is 20.7 Å². The van der Waals surface area contributed by atoms with Gasteiger partial charge < -0.3 is 14.8 Å². The third-order valence-corrected chi connectivity index (χ3v) is 4.65. The highest BCUT2D eigenvalue weighted by Gasteiger charge is 2.14. The molecule has 0 saturated carbocycles. The Morgan fingerprint density at radius 2 is 1.40 bits per heavy atom. The molecule has 1 N–H and O–H groups in total. The molecule has 4 rings (SSSR count). The van der Waals surface area contributed by atoms with E-state index >= 15 is 0 Å². The third-order valence-electron chi connectivity index (χ3n) is 4.65. The van der Waals surface area contributed by atoms with E-state index in [0.29, 0.717) is 22.6 Å². The molecule has 4 aromatic rings. The number of methoxy groups -OCH3 is 1. The van der Waals surface area contributed by atoms with Crippen molar-refractivity contribution in [3.05, 3.63) is 102 Å². The van der Waals surface area contributed by atoms with Crippen LogP contribution in [0.4, 0.5) is 5.69 Å². The topological polar surface area (TPSA) is 64.6 Å². The molecule has 0 aliphatic carbocycles. The highest BCUT2D eigenvalue weighted by atomic mass is 16.5. The van der Waals surface area contributed by atoms with E-state index in [1.807, 2.05) is 42.5 Å². The first-order valence-corrected chi connectivity index (χ1v) is 9.39. The summed E-state index contributed by atoms with van der Waals surface area (Å²) < 4.78 is 10.7. The van der Waals surface area contributed by atoms with Crippen LogP contribution in [0.15, 0.2) is 91.0 Å². The lowest BCUT2D eigenvalue weighted by atomic mass is 10.1. The van der Waals surface area contributed by atoms with Crippen LogP contribution >= 0.6 is 0 Å². The lowest BCUT2D eigenvalue weighted by molar-refractivity contribution is 0.0602. The van der Waals surface area contributed by atoms with Crippen molar-refractivity contribution in [3.8, 4) is 11.5 Å². The average Bonchev–Trinajstić information content (AvgIpc) is 2.79. The van der Waals surface area contributed by atoms with Gasteiger partial charge in [-0.25, -0.2) is 4.79 Å². The number of benzene rings is 4. The first kappa shape index (κ1) is 19.2. The van der Waals surface area contributed by atoms with Crippen LogP contribution in [-0.2, 0) is 4.74 Å². The van der Waals surface area contributed by atoms with Crippen LogP contribution in [0.25, 0.3) is 10.8 Å². The first-order chi connectivity index (χ1) is 14.6. The monoisotopic (exact) mass is 397 g/mol. The van der Waals surface area contributed by atoms with Gasteiger partial charge in [-0.05, 0) is 59.3 Å². The molecule has 4 aromatic carbocycles. The molecular weight excluding hydrogens is 378 g/mol. The smallest absolute Gasteiger partial charge is 0.339 e. The molecule has 0 aromatic heterocycles. The number of carbonyl (C=O) groups excluding carboxylic acids is 2. The van der Waals surface area contributed by atoms with Gasteiger partial charge in [0.25, 0.3) is 5.91 Å². The van der Waals surface area contributed by atoms with Crippen molar-refractivity contribution in [3.63, 3.8) is 0 Å². The normalized spacial score (nSPS) is 10.4. The number of anilines is 1. The summed E-state index contributed by atoms with van der Waals surface area (Å²) in [5, 5.41) is 4.99. The number of para-hydroxylation sites is 1. The Hall–Kier alpha value is -4.12. The number of fused-ring (bicyclic) bond motifs is 1. The molecule has 0 spiro atoms. The average molecular weight is 397 g/mol. The van der Waals surface area contributed by atoms with Gasteiger partial charge in [0.1, 0.15) is 11.5 Å². The summed E-state index contributed by atoms with van der Waals surface area (Å²) in [6.45, 7) is 0. The molecule has 0 aliphatic rings. The number of amides is 1. The summed E-state index contributed by atoms with van der Waals surface area (Å²) >= 11 is 0. The van der Waals surface area contributed by atoms with Crippen LogP contribution in [0.3, 0.4) is 0 Å². The fraction of sp³-hybridized carbons (Fsp3) is 0.0400. The molecule has 0 radical (unpaired) electrons. The van der Waals surface area contributed by atoms with E-state index in [1.54, 1.807) is 48.5 Å². The summed E-state index contributed by atoms with van der Waals surface area (Å²) in [7, 11) is 1.30. The first-order valence-electron chi connectivity index (χ1n) is 9.39. The number of nitrogens with one attached hydrogen (secondary N) is 1. The van der Waals surface area contributed by atoms with Crippen molar-refractivity contribution in [2.45, 2.75) is 0 Å². The van der Waals surface area contributed by atoms with E-state index in [2.05, 4.69) is 5.32 Å². The zero-order chi connectivity index (χ0) is 20.9. The van der Waals surface area contributed by atoms with Crippen LogP contribution in [0.2, 0.25) is 0 Å². The van der Waals surface area contributed by atoms with E-state index in [0.717, 1.165) is 16.5 Å². The summed E-state index contributed by atoms with van der Waals surface area (Å²) in [6.07, 6.45) is 0. The molecule has 30 heavy (non-hydrogen) atoms. The largest absolute Gasteiger partial charge is 0.465 e.